The highest BCUT2D eigenvalue weighted by molar-refractivity contribution is 5.93. The molecule has 1 heterocycles. The van der Waals surface area contributed by atoms with Crippen LogP contribution in [0, 0.1) is 23.2 Å². The zero-order chi connectivity index (χ0) is 25.8. The van der Waals surface area contributed by atoms with Gasteiger partial charge in [0.15, 0.2) is 5.78 Å². The van der Waals surface area contributed by atoms with Gasteiger partial charge in [-0.25, -0.2) is 0 Å². The van der Waals surface area contributed by atoms with Gasteiger partial charge in [-0.05, 0) is 105 Å². The first-order chi connectivity index (χ1) is 18.1. The number of piperidine rings is 1. The van der Waals surface area contributed by atoms with Gasteiger partial charge in [0.1, 0.15) is 0 Å². The number of rotatable bonds is 5. The lowest BCUT2D eigenvalue weighted by Gasteiger charge is -2.51. The van der Waals surface area contributed by atoms with E-state index < -0.39 is 0 Å². The van der Waals surface area contributed by atoms with E-state index in [0.29, 0.717) is 29.5 Å². The van der Waals surface area contributed by atoms with Gasteiger partial charge in [0, 0.05) is 18.9 Å². The van der Waals surface area contributed by atoms with Gasteiger partial charge in [0.25, 0.3) is 0 Å². The van der Waals surface area contributed by atoms with Gasteiger partial charge in [0.2, 0.25) is 0 Å². The van der Waals surface area contributed by atoms with Crippen LogP contribution in [-0.2, 0) is 9.53 Å². The van der Waals surface area contributed by atoms with Crippen LogP contribution in [0.1, 0.15) is 91.4 Å². The molecule has 37 heavy (non-hydrogen) atoms. The predicted molar refractivity (Wildman–Crippen MR) is 153 cm³/mol. The monoisotopic (exact) mass is 503 g/mol. The molecule has 0 radical (unpaired) electrons. The zero-order valence-corrected chi connectivity index (χ0v) is 23.6. The Morgan fingerprint density at radius 2 is 1.86 bits per heavy atom. The van der Waals surface area contributed by atoms with E-state index >= 15 is 0 Å². The summed E-state index contributed by atoms with van der Waals surface area (Å²) in [4.78, 5) is 14.8. The molecule has 0 N–H and O–H groups in total. The quantitative estimate of drug-likeness (QED) is 0.384. The minimum absolute atomic E-state index is 0.0644. The zero-order valence-electron chi connectivity index (χ0n) is 23.6. The van der Waals surface area contributed by atoms with Crippen molar-refractivity contribution in [3.8, 4) is 0 Å². The van der Waals surface area contributed by atoms with E-state index in [1.165, 1.54) is 75.6 Å². The fourth-order valence-electron chi connectivity index (χ4n) is 8.41. The van der Waals surface area contributed by atoms with Crippen LogP contribution in [0.4, 0.5) is 0 Å². The number of ether oxygens (including phenoxy) is 1. The minimum Gasteiger partial charge on any atom is -0.369 e. The summed E-state index contributed by atoms with van der Waals surface area (Å²) in [6.07, 6.45) is 27.0. The van der Waals surface area contributed by atoms with E-state index in [1.54, 1.807) is 11.1 Å². The van der Waals surface area contributed by atoms with Gasteiger partial charge < -0.3 is 9.64 Å². The van der Waals surface area contributed by atoms with Gasteiger partial charge in [-0.3, -0.25) is 4.79 Å². The highest BCUT2D eigenvalue weighted by Gasteiger charge is 2.52. The lowest BCUT2D eigenvalue weighted by molar-refractivity contribution is -0.114. The molecule has 202 valence electrons. The number of carbonyl (C=O) groups excluding carboxylic acids is 1. The first kappa shape index (κ1) is 26.9. The Morgan fingerprint density at radius 3 is 2.70 bits per heavy atom. The molecule has 1 aliphatic heterocycles. The molecule has 0 aromatic heterocycles. The topological polar surface area (TPSA) is 29.5 Å². The smallest absolute Gasteiger partial charge is 0.156 e. The summed E-state index contributed by atoms with van der Waals surface area (Å²) in [5.41, 5.74) is 6.57. The van der Waals surface area contributed by atoms with Crippen LogP contribution in [0.2, 0.25) is 0 Å². The summed E-state index contributed by atoms with van der Waals surface area (Å²) >= 11 is 0. The van der Waals surface area contributed by atoms with Crippen molar-refractivity contribution in [1.82, 2.24) is 4.90 Å². The molecule has 0 spiro atoms. The van der Waals surface area contributed by atoms with Crippen molar-refractivity contribution < 1.29 is 9.53 Å². The van der Waals surface area contributed by atoms with Crippen molar-refractivity contribution in [3.63, 3.8) is 0 Å². The number of hydrogen-bond acceptors (Lipinski definition) is 3. The average Bonchev–Trinajstić information content (AvgIpc) is 3.17. The number of fused-ring (bicyclic) bond motifs is 4. The van der Waals surface area contributed by atoms with Crippen LogP contribution >= 0.6 is 0 Å². The summed E-state index contributed by atoms with van der Waals surface area (Å²) in [5.74, 6) is 2.36. The second-order valence-corrected chi connectivity index (χ2v) is 12.3. The fraction of sp³-hybridized carbons (Fsp3) is 0.676. The van der Waals surface area contributed by atoms with Crippen molar-refractivity contribution in [2.75, 3.05) is 26.2 Å². The number of ketones is 1. The Bertz CT molecular complexity index is 991. The highest BCUT2D eigenvalue weighted by atomic mass is 16.5. The number of hydrogen-bond donors (Lipinski definition) is 0. The molecule has 3 fully saturated rings. The average molecular weight is 504 g/mol. The number of likely N-dealkylation sites (tertiary alicyclic amines) is 1. The molecule has 2 saturated carbocycles. The second kappa shape index (κ2) is 12.0. The summed E-state index contributed by atoms with van der Waals surface area (Å²) in [5, 5.41) is 0. The van der Waals surface area contributed by atoms with Crippen molar-refractivity contribution in [1.29, 1.82) is 0 Å². The highest BCUT2D eigenvalue weighted by Crippen LogP contribution is 2.63. The third-order valence-electron chi connectivity index (χ3n) is 10.1. The maximum Gasteiger partial charge on any atom is 0.156 e. The van der Waals surface area contributed by atoms with E-state index in [0.717, 1.165) is 31.9 Å². The van der Waals surface area contributed by atoms with E-state index in [4.69, 9.17) is 4.74 Å². The maximum absolute atomic E-state index is 12.2. The molecule has 5 aliphatic carbocycles. The van der Waals surface area contributed by atoms with Crippen molar-refractivity contribution in [2.45, 2.75) is 97.5 Å². The van der Waals surface area contributed by atoms with E-state index in [-0.39, 0.29) is 6.10 Å². The van der Waals surface area contributed by atoms with E-state index in [1.807, 2.05) is 19.9 Å². The van der Waals surface area contributed by atoms with Gasteiger partial charge in [-0.2, -0.15) is 0 Å². The number of allylic oxidation sites excluding steroid dienone is 8. The van der Waals surface area contributed by atoms with E-state index in [9.17, 15) is 4.79 Å². The first-order valence-electron chi connectivity index (χ1n) is 15.5. The van der Waals surface area contributed by atoms with Crippen LogP contribution in [0.5, 0.6) is 0 Å². The van der Waals surface area contributed by atoms with Crippen LogP contribution in [0.3, 0.4) is 0 Å². The third-order valence-corrected chi connectivity index (χ3v) is 10.1. The lowest BCUT2D eigenvalue weighted by Crippen LogP contribution is -2.41. The summed E-state index contributed by atoms with van der Waals surface area (Å²) in [7, 11) is 0. The second-order valence-electron chi connectivity index (χ2n) is 12.3. The molecule has 0 aromatic carbocycles. The molecule has 5 unspecified atom stereocenters. The SMILES string of the molecule is CC.CC12CCCC1C1CCC3=CC(=O)CCC3=C1C(C1=CC=CC(OCCN3CCCCC3)C=C1)C2. The van der Waals surface area contributed by atoms with Gasteiger partial charge in [-0.1, -0.05) is 69.6 Å². The van der Waals surface area contributed by atoms with E-state index in [2.05, 4.69) is 42.2 Å². The van der Waals surface area contributed by atoms with Gasteiger partial charge in [-0.15, -0.1) is 0 Å². The standard InChI is InChI=1S/C32H43NO2.C2H6/c1-32-16-6-9-30(32)28-14-11-24-21-25(34)12-15-27(24)31(28)29(22-32)23-7-5-8-26(13-10-23)35-20-19-33-17-3-2-4-18-33;1-2/h5,7-8,10,13,21,26,28-30H,2-4,6,9,11-12,14-20,22H2,1H3;1-2H3. The molecule has 5 atom stereocenters. The molecule has 6 aliphatic rings. The number of nitrogens with zero attached hydrogens (tertiary/aromatic N) is 1. The van der Waals surface area contributed by atoms with Gasteiger partial charge in [0.05, 0.1) is 12.7 Å². The van der Waals surface area contributed by atoms with Gasteiger partial charge >= 0.3 is 0 Å². The lowest BCUT2D eigenvalue weighted by atomic mass is 9.53. The molecule has 3 heteroatoms. The summed E-state index contributed by atoms with van der Waals surface area (Å²) < 4.78 is 6.29. The Hall–Kier alpha value is -1.71. The molecule has 0 bridgehead atoms. The van der Waals surface area contributed by atoms with Crippen LogP contribution in [-0.4, -0.2) is 43.0 Å². The van der Waals surface area contributed by atoms with Crippen LogP contribution < -0.4 is 0 Å². The molecule has 3 nitrogen and oxygen atoms in total. The first-order valence-corrected chi connectivity index (χ1v) is 15.5. The molecular formula is C34H49NO2. The largest absolute Gasteiger partial charge is 0.369 e. The molecule has 1 saturated heterocycles. The van der Waals surface area contributed by atoms with Crippen LogP contribution in [0.15, 0.2) is 58.7 Å². The summed E-state index contributed by atoms with van der Waals surface area (Å²) in [6, 6.07) is 0. The normalized spacial score (nSPS) is 35.5. The fourth-order valence-corrected chi connectivity index (χ4v) is 8.41. The van der Waals surface area contributed by atoms with Crippen LogP contribution in [0.25, 0.3) is 0 Å². The molecule has 0 aromatic rings. The number of carbonyl (C=O) groups is 1. The Labute approximate surface area is 225 Å². The molecular weight excluding hydrogens is 454 g/mol. The minimum atomic E-state index is 0.0644. The Morgan fingerprint density at radius 1 is 1.03 bits per heavy atom. The predicted octanol–water partition coefficient (Wildman–Crippen LogP) is 7.76. The summed E-state index contributed by atoms with van der Waals surface area (Å²) in [6.45, 7) is 10.9. The van der Waals surface area contributed by atoms with Crippen molar-refractivity contribution >= 4 is 5.78 Å². The van der Waals surface area contributed by atoms with Crippen molar-refractivity contribution in [2.24, 2.45) is 23.2 Å². The Balaban J connectivity index is 0.00000137. The van der Waals surface area contributed by atoms with Crippen molar-refractivity contribution in [3.05, 3.63) is 58.7 Å². The third kappa shape index (κ3) is 5.69. The molecule has 0 amide bonds. The molecule has 6 rings (SSSR count). The maximum atomic E-state index is 12.2. The Kier molecular flexibility index (Phi) is 8.71.